The van der Waals surface area contributed by atoms with Gasteiger partial charge in [0.05, 0.1) is 22.8 Å². The number of halogens is 1. The number of hydrogen-bond acceptors (Lipinski definition) is 4. The molecule has 0 bridgehead atoms. The average Bonchev–Trinajstić information content (AvgIpc) is 2.98. The number of anilines is 1. The maximum atomic E-state index is 13.7. The highest BCUT2D eigenvalue weighted by molar-refractivity contribution is 5.98. The van der Waals surface area contributed by atoms with Gasteiger partial charge in [-0.3, -0.25) is 4.79 Å². The van der Waals surface area contributed by atoms with Gasteiger partial charge in [0, 0.05) is 0 Å². The van der Waals surface area contributed by atoms with Gasteiger partial charge in [0.15, 0.2) is 6.10 Å². The van der Waals surface area contributed by atoms with Gasteiger partial charge < -0.3 is 10.1 Å². The quantitative estimate of drug-likeness (QED) is 0.682. The summed E-state index contributed by atoms with van der Waals surface area (Å²) in [6.07, 6.45) is -1.11. The SMILES string of the molecule is Cc1nn(-c2ccccc2)c(C)c1C(=O)O[C@@H](C)C(=O)Nc1ccccc1F. The number of nitrogens with one attached hydrogen (secondary N) is 1. The second-order valence-corrected chi connectivity index (χ2v) is 6.31. The summed E-state index contributed by atoms with van der Waals surface area (Å²) in [5.74, 6) is -1.84. The molecule has 0 aliphatic heterocycles. The van der Waals surface area contributed by atoms with Crippen LogP contribution in [0.5, 0.6) is 0 Å². The maximum Gasteiger partial charge on any atom is 0.342 e. The van der Waals surface area contributed by atoms with E-state index in [0.29, 0.717) is 17.0 Å². The number of carbonyl (C=O) groups excluding carboxylic acids is 2. The number of para-hydroxylation sites is 2. The number of rotatable bonds is 5. The minimum absolute atomic E-state index is 0.0275. The molecular formula is C21H20FN3O3. The summed E-state index contributed by atoms with van der Waals surface area (Å²) in [7, 11) is 0. The zero-order chi connectivity index (χ0) is 20.3. The number of benzene rings is 2. The van der Waals surface area contributed by atoms with Gasteiger partial charge in [0.2, 0.25) is 0 Å². The van der Waals surface area contributed by atoms with E-state index >= 15 is 0 Å². The predicted molar refractivity (Wildman–Crippen MR) is 103 cm³/mol. The third kappa shape index (κ3) is 3.93. The van der Waals surface area contributed by atoms with E-state index in [-0.39, 0.29) is 5.69 Å². The summed E-state index contributed by atoms with van der Waals surface area (Å²) in [5, 5.41) is 6.81. The first-order valence-corrected chi connectivity index (χ1v) is 8.76. The molecule has 0 aliphatic rings. The lowest BCUT2D eigenvalue weighted by atomic mass is 10.2. The molecule has 1 amide bonds. The molecule has 1 N–H and O–H groups in total. The Bertz CT molecular complexity index is 1010. The molecule has 0 saturated carbocycles. The average molecular weight is 381 g/mol. The van der Waals surface area contributed by atoms with Crippen LogP contribution in [0.1, 0.15) is 28.7 Å². The van der Waals surface area contributed by atoms with E-state index in [1.165, 1.54) is 25.1 Å². The van der Waals surface area contributed by atoms with Gasteiger partial charge in [-0.05, 0) is 45.0 Å². The lowest BCUT2D eigenvalue weighted by Crippen LogP contribution is -2.30. The minimum Gasteiger partial charge on any atom is -0.449 e. The summed E-state index contributed by atoms with van der Waals surface area (Å²) >= 11 is 0. The van der Waals surface area contributed by atoms with E-state index in [2.05, 4.69) is 10.4 Å². The van der Waals surface area contributed by atoms with Gasteiger partial charge in [0.1, 0.15) is 11.4 Å². The van der Waals surface area contributed by atoms with Crippen LogP contribution in [0.2, 0.25) is 0 Å². The van der Waals surface area contributed by atoms with E-state index in [4.69, 9.17) is 4.74 Å². The highest BCUT2D eigenvalue weighted by atomic mass is 19.1. The Morgan fingerprint density at radius 1 is 1.07 bits per heavy atom. The van der Waals surface area contributed by atoms with Crippen molar-refractivity contribution in [2.45, 2.75) is 26.9 Å². The lowest BCUT2D eigenvalue weighted by molar-refractivity contribution is -0.123. The standard InChI is InChI=1S/C21H20FN3O3/c1-13-19(14(2)25(24-13)16-9-5-4-6-10-16)21(27)28-15(3)20(26)23-18-12-8-7-11-17(18)22/h4-12,15H,1-3H3,(H,23,26)/t15-/m0/s1. The summed E-state index contributed by atoms with van der Waals surface area (Å²) in [6, 6.07) is 15.2. The number of aryl methyl sites for hydroxylation is 1. The fourth-order valence-corrected chi connectivity index (χ4v) is 2.83. The topological polar surface area (TPSA) is 73.2 Å². The Morgan fingerprint density at radius 2 is 1.71 bits per heavy atom. The van der Waals surface area contributed by atoms with Crippen molar-refractivity contribution in [2.24, 2.45) is 0 Å². The summed E-state index contributed by atoms with van der Waals surface area (Å²) in [5.41, 5.74) is 2.24. The molecule has 0 fully saturated rings. The van der Waals surface area contributed by atoms with Crippen molar-refractivity contribution in [2.75, 3.05) is 5.32 Å². The van der Waals surface area contributed by atoms with Crippen LogP contribution in [0, 0.1) is 19.7 Å². The molecule has 0 radical (unpaired) electrons. The van der Waals surface area contributed by atoms with Crippen molar-refractivity contribution in [3.05, 3.63) is 77.4 Å². The molecule has 3 rings (SSSR count). The zero-order valence-corrected chi connectivity index (χ0v) is 15.8. The van der Waals surface area contributed by atoms with Crippen LogP contribution in [0.4, 0.5) is 10.1 Å². The molecule has 0 aliphatic carbocycles. The largest absolute Gasteiger partial charge is 0.449 e. The molecule has 0 unspecified atom stereocenters. The van der Waals surface area contributed by atoms with Gasteiger partial charge in [-0.15, -0.1) is 0 Å². The molecule has 28 heavy (non-hydrogen) atoms. The summed E-state index contributed by atoms with van der Waals surface area (Å²) in [6.45, 7) is 4.89. The minimum atomic E-state index is -1.11. The van der Waals surface area contributed by atoms with E-state index in [9.17, 15) is 14.0 Å². The van der Waals surface area contributed by atoms with E-state index < -0.39 is 23.8 Å². The molecule has 3 aromatic rings. The van der Waals surface area contributed by atoms with Crippen LogP contribution >= 0.6 is 0 Å². The fourth-order valence-electron chi connectivity index (χ4n) is 2.83. The van der Waals surface area contributed by atoms with Gasteiger partial charge in [0.25, 0.3) is 5.91 Å². The number of ether oxygens (including phenoxy) is 1. The Labute approximate surface area is 161 Å². The monoisotopic (exact) mass is 381 g/mol. The van der Waals surface area contributed by atoms with Crippen molar-refractivity contribution in [1.82, 2.24) is 9.78 Å². The van der Waals surface area contributed by atoms with Crippen molar-refractivity contribution in [3.63, 3.8) is 0 Å². The van der Waals surface area contributed by atoms with Crippen LogP contribution < -0.4 is 5.32 Å². The van der Waals surface area contributed by atoms with Crippen LogP contribution in [-0.4, -0.2) is 27.8 Å². The first-order valence-electron chi connectivity index (χ1n) is 8.76. The van der Waals surface area contributed by atoms with E-state index in [1.807, 2.05) is 30.3 Å². The molecule has 2 aromatic carbocycles. The Morgan fingerprint density at radius 3 is 2.39 bits per heavy atom. The molecule has 144 valence electrons. The van der Waals surface area contributed by atoms with Crippen LogP contribution in [0.3, 0.4) is 0 Å². The molecule has 6 nitrogen and oxygen atoms in total. The predicted octanol–water partition coefficient (Wildman–Crippen LogP) is 3.81. The highest BCUT2D eigenvalue weighted by Gasteiger charge is 2.25. The lowest BCUT2D eigenvalue weighted by Gasteiger charge is -2.14. The molecule has 0 spiro atoms. The van der Waals surface area contributed by atoms with E-state index in [0.717, 1.165) is 5.69 Å². The number of amides is 1. The van der Waals surface area contributed by atoms with Crippen LogP contribution in [0.25, 0.3) is 5.69 Å². The number of carbonyl (C=O) groups is 2. The van der Waals surface area contributed by atoms with Gasteiger partial charge >= 0.3 is 5.97 Å². The van der Waals surface area contributed by atoms with Crippen molar-refractivity contribution >= 4 is 17.6 Å². The third-order valence-electron chi connectivity index (χ3n) is 4.28. The smallest absolute Gasteiger partial charge is 0.342 e. The number of nitrogens with zero attached hydrogens (tertiary/aromatic N) is 2. The van der Waals surface area contributed by atoms with Crippen molar-refractivity contribution in [1.29, 1.82) is 0 Å². The van der Waals surface area contributed by atoms with Gasteiger partial charge in [-0.1, -0.05) is 30.3 Å². The molecule has 1 aromatic heterocycles. The maximum absolute atomic E-state index is 13.7. The number of aromatic nitrogens is 2. The zero-order valence-electron chi connectivity index (χ0n) is 15.8. The Kier molecular flexibility index (Phi) is 5.54. The number of hydrogen-bond donors (Lipinski definition) is 1. The van der Waals surface area contributed by atoms with Gasteiger partial charge in [-0.2, -0.15) is 5.10 Å². The Balaban J connectivity index is 1.75. The molecule has 0 saturated heterocycles. The third-order valence-corrected chi connectivity index (χ3v) is 4.28. The molecule has 1 heterocycles. The fraction of sp³-hybridized carbons (Fsp3) is 0.190. The molecule has 1 atom stereocenters. The van der Waals surface area contributed by atoms with Crippen LogP contribution in [0.15, 0.2) is 54.6 Å². The first kappa shape index (κ1) is 19.3. The molecular weight excluding hydrogens is 361 g/mol. The summed E-state index contributed by atoms with van der Waals surface area (Å²) < 4.78 is 20.6. The van der Waals surface area contributed by atoms with E-state index in [1.54, 1.807) is 24.6 Å². The van der Waals surface area contributed by atoms with Crippen molar-refractivity contribution in [3.8, 4) is 5.69 Å². The normalized spacial score (nSPS) is 11.7. The number of esters is 1. The Hall–Kier alpha value is -3.48. The van der Waals surface area contributed by atoms with Gasteiger partial charge in [-0.25, -0.2) is 13.9 Å². The second-order valence-electron chi connectivity index (χ2n) is 6.31. The van der Waals surface area contributed by atoms with Crippen molar-refractivity contribution < 1.29 is 18.7 Å². The van der Waals surface area contributed by atoms with Crippen LogP contribution in [-0.2, 0) is 9.53 Å². The second kappa shape index (κ2) is 8.04. The first-order chi connectivity index (χ1) is 13.4. The molecule has 7 heteroatoms. The highest BCUT2D eigenvalue weighted by Crippen LogP contribution is 2.20. The summed E-state index contributed by atoms with van der Waals surface area (Å²) in [4.78, 5) is 24.9.